The minimum atomic E-state index is -1.51. The number of nitrogens with zero attached hydrogens (tertiary/aromatic N) is 1. The van der Waals surface area contributed by atoms with Gasteiger partial charge < -0.3 is 14.9 Å². The predicted octanol–water partition coefficient (Wildman–Crippen LogP) is -0.685. The molecule has 9 heteroatoms. The number of H-pyrrole nitrogens is 1. The second-order valence-electron chi connectivity index (χ2n) is 4.98. The van der Waals surface area contributed by atoms with Crippen molar-refractivity contribution in [1.82, 2.24) is 9.55 Å². The maximum Gasteiger partial charge on any atom is 0.330 e. The van der Waals surface area contributed by atoms with Crippen LogP contribution in [-0.4, -0.2) is 43.5 Å². The Balaban J connectivity index is 2.45. The van der Waals surface area contributed by atoms with Gasteiger partial charge in [0.2, 0.25) is 5.82 Å². The van der Waals surface area contributed by atoms with Crippen LogP contribution >= 0.6 is 11.6 Å². The molecule has 3 atom stereocenters. The number of rotatable bonds is 3. The monoisotopic (exact) mass is 308 g/mol. The van der Waals surface area contributed by atoms with Crippen molar-refractivity contribution in [3.8, 4) is 0 Å². The van der Waals surface area contributed by atoms with Crippen LogP contribution in [0.15, 0.2) is 15.8 Å². The van der Waals surface area contributed by atoms with E-state index in [-0.39, 0.29) is 12.3 Å². The summed E-state index contributed by atoms with van der Waals surface area (Å²) in [6.45, 7) is 0.833. The molecule has 0 amide bonds. The summed E-state index contributed by atoms with van der Waals surface area (Å²) < 4.78 is 19.5. The molecule has 7 nitrogen and oxygen atoms in total. The molecular formula is C11H14ClFN2O5. The highest BCUT2D eigenvalue weighted by atomic mass is 35.5. The number of hydrogen-bond acceptors (Lipinski definition) is 5. The van der Waals surface area contributed by atoms with Crippen LogP contribution in [0.3, 0.4) is 0 Å². The average molecular weight is 309 g/mol. The molecule has 0 aromatic carbocycles. The summed E-state index contributed by atoms with van der Waals surface area (Å²) in [5.74, 6) is -1.37. The molecule has 0 radical (unpaired) electrons. The van der Waals surface area contributed by atoms with E-state index in [4.69, 9.17) is 16.3 Å². The van der Waals surface area contributed by atoms with E-state index in [1.165, 1.54) is 6.92 Å². The van der Waals surface area contributed by atoms with Crippen LogP contribution in [-0.2, 0) is 4.74 Å². The first-order chi connectivity index (χ1) is 9.26. The molecule has 0 unspecified atom stereocenters. The summed E-state index contributed by atoms with van der Waals surface area (Å²) in [6, 6.07) is 0. The number of nitrogens with one attached hydrogen (secondary N) is 1. The lowest BCUT2D eigenvalue weighted by molar-refractivity contribution is -0.145. The van der Waals surface area contributed by atoms with E-state index in [1.54, 1.807) is 4.98 Å². The molecular weight excluding hydrogens is 295 g/mol. The van der Waals surface area contributed by atoms with Gasteiger partial charge in [0, 0.05) is 6.42 Å². The maximum absolute atomic E-state index is 13.3. The third-order valence-electron chi connectivity index (χ3n) is 3.62. The molecule has 1 aliphatic rings. The number of ether oxygens (including phenoxy) is 1. The van der Waals surface area contributed by atoms with E-state index in [2.05, 4.69) is 0 Å². The van der Waals surface area contributed by atoms with Crippen LogP contribution < -0.4 is 11.2 Å². The summed E-state index contributed by atoms with van der Waals surface area (Å²) in [6.07, 6.45) is -0.440. The van der Waals surface area contributed by atoms with Gasteiger partial charge in [-0.2, -0.15) is 4.39 Å². The van der Waals surface area contributed by atoms with Gasteiger partial charge in [0.05, 0.1) is 24.3 Å². The molecule has 2 heterocycles. The van der Waals surface area contributed by atoms with E-state index in [0.717, 1.165) is 4.57 Å². The Morgan fingerprint density at radius 3 is 2.80 bits per heavy atom. The number of hydrogen-bond donors (Lipinski definition) is 3. The highest BCUT2D eigenvalue weighted by molar-refractivity contribution is 6.18. The Kier molecular flexibility index (Phi) is 3.76. The summed E-state index contributed by atoms with van der Waals surface area (Å²) in [5, 5.41) is 19.7. The highest BCUT2D eigenvalue weighted by Gasteiger charge is 2.56. The van der Waals surface area contributed by atoms with Crippen molar-refractivity contribution in [3.63, 3.8) is 0 Å². The summed E-state index contributed by atoms with van der Waals surface area (Å²) >= 11 is 5.73. The third kappa shape index (κ3) is 2.18. The fourth-order valence-corrected chi connectivity index (χ4v) is 2.65. The second kappa shape index (κ2) is 4.96. The first-order valence-corrected chi connectivity index (χ1v) is 6.38. The first-order valence-electron chi connectivity index (χ1n) is 5.84. The predicted molar refractivity (Wildman–Crippen MR) is 67.2 cm³/mol. The number of alkyl halides is 1. The Morgan fingerprint density at radius 2 is 2.30 bits per heavy atom. The molecule has 1 aromatic heterocycles. The van der Waals surface area contributed by atoms with Gasteiger partial charge in [-0.05, 0) is 6.92 Å². The van der Waals surface area contributed by atoms with Gasteiger partial charge in [0.1, 0.15) is 11.8 Å². The number of aromatic nitrogens is 2. The molecule has 1 aliphatic heterocycles. The zero-order valence-electron chi connectivity index (χ0n) is 10.6. The quantitative estimate of drug-likeness (QED) is 0.642. The van der Waals surface area contributed by atoms with E-state index in [0.29, 0.717) is 6.20 Å². The van der Waals surface area contributed by atoms with Crippen LogP contribution in [0.25, 0.3) is 0 Å². The smallest absolute Gasteiger partial charge is 0.330 e. The zero-order valence-corrected chi connectivity index (χ0v) is 11.4. The van der Waals surface area contributed by atoms with Crippen molar-refractivity contribution in [2.45, 2.75) is 30.8 Å². The molecule has 112 valence electrons. The zero-order chi connectivity index (χ0) is 15.1. The van der Waals surface area contributed by atoms with Crippen molar-refractivity contribution in [3.05, 3.63) is 32.9 Å². The van der Waals surface area contributed by atoms with Crippen molar-refractivity contribution in [1.29, 1.82) is 0 Å². The average Bonchev–Trinajstić information content (AvgIpc) is 2.65. The fraction of sp³-hybridized carbons (Fsp3) is 0.636. The number of aliphatic hydroxyl groups excluding tert-OH is 1. The van der Waals surface area contributed by atoms with Gasteiger partial charge in [-0.3, -0.25) is 14.3 Å². The highest BCUT2D eigenvalue weighted by Crippen LogP contribution is 2.44. The van der Waals surface area contributed by atoms with Crippen molar-refractivity contribution in [2.75, 3.05) is 12.5 Å². The Morgan fingerprint density at radius 1 is 1.65 bits per heavy atom. The largest absolute Gasteiger partial charge is 0.393 e. The maximum atomic E-state index is 13.3. The molecule has 0 aliphatic carbocycles. The van der Waals surface area contributed by atoms with Crippen molar-refractivity contribution in [2.24, 2.45) is 0 Å². The Bertz CT molecular complexity index is 622. The molecule has 0 spiro atoms. The lowest BCUT2D eigenvalue weighted by Gasteiger charge is -2.34. The van der Waals surface area contributed by atoms with Gasteiger partial charge in [-0.1, -0.05) is 0 Å². The molecule has 0 saturated carbocycles. The molecule has 2 rings (SSSR count). The molecule has 1 fully saturated rings. The van der Waals surface area contributed by atoms with Gasteiger partial charge in [0.25, 0.3) is 5.56 Å². The number of aromatic amines is 1. The fourth-order valence-electron chi connectivity index (χ4n) is 2.21. The standard InChI is InChI=1S/C11H14ClFN2O5/c1-10(19)2-7(20-11(10,4-12)5-16)15-3-6(13)8(17)14-9(15)18/h3,7,16,19H,2,4-5H2,1H3,(H,14,17,18)/t7-,10-,11-/m1/s1. The topological polar surface area (TPSA) is 105 Å². The van der Waals surface area contributed by atoms with E-state index in [1.807, 2.05) is 0 Å². The van der Waals surface area contributed by atoms with Crippen LogP contribution in [0.4, 0.5) is 4.39 Å². The number of aliphatic hydroxyl groups is 2. The third-order valence-corrected chi connectivity index (χ3v) is 4.05. The lowest BCUT2D eigenvalue weighted by Crippen LogP contribution is -2.53. The van der Waals surface area contributed by atoms with Crippen LogP contribution in [0.1, 0.15) is 19.6 Å². The lowest BCUT2D eigenvalue weighted by atomic mass is 9.86. The minimum Gasteiger partial charge on any atom is -0.393 e. The first kappa shape index (κ1) is 15.2. The molecule has 3 N–H and O–H groups in total. The minimum absolute atomic E-state index is 0.0916. The van der Waals surface area contributed by atoms with Gasteiger partial charge in [0.15, 0.2) is 0 Å². The van der Waals surface area contributed by atoms with Crippen LogP contribution in [0.2, 0.25) is 0 Å². The van der Waals surface area contributed by atoms with Gasteiger partial charge >= 0.3 is 5.69 Å². The van der Waals surface area contributed by atoms with Crippen LogP contribution in [0.5, 0.6) is 0 Å². The summed E-state index contributed by atoms with van der Waals surface area (Å²) in [7, 11) is 0. The van der Waals surface area contributed by atoms with Crippen LogP contribution in [0, 0.1) is 5.82 Å². The van der Waals surface area contributed by atoms with Gasteiger partial charge in [-0.15, -0.1) is 11.6 Å². The van der Waals surface area contributed by atoms with Crippen molar-refractivity contribution < 1.29 is 19.3 Å². The van der Waals surface area contributed by atoms with E-state index < -0.39 is 41.1 Å². The molecule has 20 heavy (non-hydrogen) atoms. The SMILES string of the molecule is C[C@@]1(O)C[C@H](n2cc(F)c(=O)[nH]c2=O)O[C@@]1(CO)CCl. The molecule has 1 aromatic rings. The Labute approximate surface area is 117 Å². The molecule has 0 bridgehead atoms. The second-order valence-corrected chi connectivity index (χ2v) is 5.25. The number of halogens is 2. The van der Waals surface area contributed by atoms with E-state index >= 15 is 0 Å². The Hall–Kier alpha value is -1.22. The van der Waals surface area contributed by atoms with Crippen molar-refractivity contribution >= 4 is 11.6 Å². The molecule has 1 saturated heterocycles. The summed E-state index contributed by atoms with van der Waals surface area (Å²) in [5.41, 5.74) is -4.99. The van der Waals surface area contributed by atoms with Gasteiger partial charge in [-0.25, -0.2) is 4.79 Å². The normalized spacial score (nSPS) is 33.5. The van der Waals surface area contributed by atoms with E-state index in [9.17, 15) is 24.2 Å². The summed E-state index contributed by atoms with van der Waals surface area (Å²) in [4.78, 5) is 24.4.